The molecule has 3 N–H and O–H groups in total. The summed E-state index contributed by atoms with van der Waals surface area (Å²) in [6, 6.07) is 0. The zero-order chi connectivity index (χ0) is 8.58. The minimum Gasteiger partial charge on any atom is -0.285 e. The van der Waals surface area contributed by atoms with E-state index in [2.05, 4.69) is 5.14 Å². The van der Waals surface area contributed by atoms with Gasteiger partial charge in [-0.1, -0.05) is 0 Å². The first-order valence-electron chi connectivity index (χ1n) is 2.13. The molecule has 0 bridgehead atoms. The summed E-state index contributed by atoms with van der Waals surface area (Å²) in [5, 5.41) is 4.40. The summed E-state index contributed by atoms with van der Waals surface area (Å²) in [7, 11) is -8.77. The molecule has 1 atom stereocenters. The SMILES string of the molecule is CC(S(N)(=O)=O)S(=O)(=O)O. The van der Waals surface area contributed by atoms with Crippen molar-refractivity contribution in [3.05, 3.63) is 0 Å². The average molecular weight is 189 g/mol. The Morgan fingerprint density at radius 3 is 1.60 bits per heavy atom. The molecule has 10 heavy (non-hydrogen) atoms. The highest BCUT2D eigenvalue weighted by Crippen LogP contribution is 2.01. The fourth-order valence-corrected chi connectivity index (χ4v) is 1.53. The third-order valence-electron chi connectivity index (χ3n) is 0.882. The van der Waals surface area contributed by atoms with Crippen molar-refractivity contribution in [3.8, 4) is 0 Å². The number of nitrogens with two attached hydrogens (primary N) is 1. The highest BCUT2D eigenvalue weighted by Gasteiger charge is 2.28. The Morgan fingerprint density at radius 2 is 1.60 bits per heavy atom. The van der Waals surface area contributed by atoms with Crippen molar-refractivity contribution in [2.24, 2.45) is 5.14 Å². The summed E-state index contributed by atoms with van der Waals surface area (Å²) in [5.74, 6) is 0. The number of sulfonamides is 1. The molecule has 0 rings (SSSR count). The van der Waals surface area contributed by atoms with Gasteiger partial charge < -0.3 is 0 Å². The minimum atomic E-state index is -4.57. The molecule has 0 spiro atoms. The van der Waals surface area contributed by atoms with E-state index in [-0.39, 0.29) is 0 Å². The maximum Gasteiger partial charge on any atom is 0.283 e. The fraction of sp³-hybridized carbons (Fsp3) is 1.00. The molecule has 0 fully saturated rings. The summed E-state index contributed by atoms with van der Waals surface area (Å²) in [5.41, 5.74) is 0. The minimum absolute atomic E-state index is 0.782. The van der Waals surface area contributed by atoms with Crippen molar-refractivity contribution < 1.29 is 21.4 Å². The van der Waals surface area contributed by atoms with Crippen LogP contribution in [0, 0.1) is 0 Å². The van der Waals surface area contributed by atoms with Gasteiger partial charge in [-0.05, 0) is 6.92 Å². The van der Waals surface area contributed by atoms with E-state index in [1.807, 2.05) is 0 Å². The van der Waals surface area contributed by atoms with Crippen LogP contribution in [0.15, 0.2) is 0 Å². The summed E-state index contributed by atoms with van der Waals surface area (Å²) < 4.78 is 46.8. The summed E-state index contributed by atoms with van der Waals surface area (Å²) in [6.45, 7) is 0.782. The molecule has 0 saturated carbocycles. The van der Waals surface area contributed by atoms with E-state index < -0.39 is 24.7 Å². The van der Waals surface area contributed by atoms with E-state index in [4.69, 9.17) is 4.55 Å². The van der Waals surface area contributed by atoms with Crippen LogP contribution in [0.2, 0.25) is 0 Å². The third-order valence-corrected chi connectivity index (χ3v) is 4.18. The van der Waals surface area contributed by atoms with Gasteiger partial charge in [-0.25, -0.2) is 13.6 Å². The highest BCUT2D eigenvalue weighted by atomic mass is 32.3. The van der Waals surface area contributed by atoms with Gasteiger partial charge in [-0.2, -0.15) is 8.42 Å². The Kier molecular flexibility index (Phi) is 2.41. The lowest BCUT2D eigenvalue weighted by atomic mass is 11.0. The molecule has 0 aliphatic heterocycles. The van der Waals surface area contributed by atoms with E-state index in [1.165, 1.54) is 0 Å². The van der Waals surface area contributed by atoms with Crippen molar-refractivity contribution in [2.75, 3.05) is 0 Å². The zero-order valence-electron chi connectivity index (χ0n) is 5.05. The van der Waals surface area contributed by atoms with Gasteiger partial charge in [0.1, 0.15) is 0 Å². The molecule has 0 aliphatic rings. The maximum atomic E-state index is 10.2. The van der Waals surface area contributed by atoms with E-state index >= 15 is 0 Å². The molecule has 0 radical (unpaired) electrons. The van der Waals surface area contributed by atoms with Gasteiger partial charge in [0, 0.05) is 0 Å². The summed E-state index contributed by atoms with van der Waals surface area (Å²) in [4.78, 5) is 0. The average Bonchev–Trinajstić information content (AvgIpc) is 1.59. The van der Waals surface area contributed by atoms with Crippen LogP contribution in [-0.2, 0) is 20.1 Å². The largest absolute Gasteiger partial charge is 0.285 e. The van der Waals surface area contributed by atoms with Crippen LogP contribution in [0.4, 0.5) is 0 Å². The molecule has 1 unspecified atom stereocenters. The lowest BCUT2D eigenvalue weighted by molar-refractivity contribution is 0.479. The van der Waals surface area contributed by atoms with Gasteiger partial charge in [0.25, 0.3) is 10.1 Å². The molecule has 0 aliphatic carbocycles. The molecule has 62 valence electrons. The molecule has 0 heterocycles. The first kappa shape index (κ1) is 9.82. The van der Waals surface area contributed by atoms with Crippen molar-refractivity contribution in [3.63, 3.8) is 0 Å². The lowest BCUT2D eigenvalue weighted by Crippen LogP contribution is -2.32. The van der Waals surface area contributed by atoms with Crippen molar-refractivity contribution in [1.82, 2.24) is 0 Å². The van der Waals surface area contributed by atoms with Gasteiger partial charge in [-0.15, -0.1) is 0 Å². The van der Waals surface area contributed by atoms with Crippen LogP contribution in [-0.4, -0.2) is 26.0 Å². The molecular weight excluding hydrogens is 182 g/mol. The van der Waals surface area contributed by atoms with Crippen LogP contribution in [0.1, 0.15) is 6.92 Å². The number of hydrogen-bond acceptors (Lipinski definition) is 4. The Morgan fingerprint density at radius 1 is 1.30 bits per heavy atom. The predicted octanol–water partition coefficient (Wildman–Crippen LogP) is -1.49. The van der Waals surface area contributed by atoms with Gasteiger partial charge in [0.2, 0.25) is 10.0 Å². The van der Waals surface area contributed by atoms with Crippen molar-refractivity contribution >= 4 is 20.1 Å². The van der Waals surface area contributed by atoms with Crippen molar-refractivity contribution in [2.45, 2.75) is 11.5 Å². The molecule has 0 saturated heterocycles. The van der Waals surface area contributed by atoms with E-state index in [0.717, 1.165) is 6.92 Å². The van der Waals surface area contributed by atoms with E-state index in [9.17, 15) is 16.8 Å². The topological polar surface area (TPSA) is 115 Å². The standard InChI is InChI=1S/C2H7NO5S2/c1-2(9(3,4)5)10(6,7)8/h2H,1H3,(H2,3,4,5)(H,6,7,8). The van der Waals surface area contributed by atoms with Gasteiger partial charge in [0.15, 0.2) is 4.58 Å². The fourth-order valence-electron chi connectivity index (χ4n) is 0.169. The number of hydrogen-bond donors (Lipinski definition) is 2. The molecule has 0 aromatic heterocycles. The highest BCUT2D eigenvalue weighted by molar-refractivity contribution is 8.05. The van der Waals surface area contributed by atoms with Crippen molar-refractivity contribution in [1.29, 1.82) is 0 Å². The smallest absolute Gasteiger partial charge is 0.283 e. The molecule has 0 aromatic carbocycles. The predicted molar refractivity (Wildman–Crippen MR) is 34.1 cm³/mol. The maximum absolute atomic E-state index is 10.2. The van der Waals surface area contributed by atoms with Gasteiger partial charge >= 0.3 is 0 Å². The molecule has 0 aromatic rings. The van der Waals surface area contributed by atoms with Crippen LogP contribution in [0.3, 0.4) is 0 Å². The Bertz CT molecular complexity index is 267. The van der Waals surface area contributed by atoms with Crippen LogP contribution in [0.5, 0.6) is 0 Å². The second-order valence-corrected chi connectivity index (χ2v) is 5.59. The van der Waals surface area contributed by atoms with Gasteiger partial charge in [-0.3, -0.25) is 4.55 Å². The molecule has 6 nitrogen and oxygen atoms in total. The molecule has 8 heteroatoms. The quantitative estimate of drug-likeness (QED) is 0.513. The number of rotatable bonds is 2. The molecule has 0 amide bonds. The summed E-state index contributed by atoms with van der Waals surface area (Å²) >= 11 is 0. The van der Waals surface area contributed by atoms with Crippen LogP contribution in [0.25, 0.3) is 0 Å². The summed E-state index contributed by atoms with van der Waals surface area (Å²) in [6.07, 6.45) is 0. The Balaban J connectivity index is 4.94. The third kappa shape index (κ3) is 2.60. The second-order valence-electron chi connectivity index (χ2n) is 1.67. The lowest BCUT2D eigenvalue weighted by Gasteiger charge is -2.02. The van der Waals surface area contributed by atoms with Crippen LogP contribution >= 0.6 is 0 Å². The first-order chi connectivity index (χ1) is 4.15. The second kappa shape index (κ2) is 2.46. The van der Waals surface area contributed by atoms with Crippen LogP contribution < -0.4 is 5.14 Å². The van der Waals surface area contributed by atoms with E-state index in [1.54, 1.807) is 0 Å². The normalized spacial score (nSPS) is 16.7. The Labute approximate surface area is 58.8 Å². The molecular formula is C2H7NO5S2. The van der Waals surface area contributed by atoms with Gasteiger partial charge in [0.05, 0.1) is 0 Å². The van der Waals surface area contributed by atoms with E-state index in [0.29, 0.717) is 0 Å². The first-order valence-corrected chi connectivity index (χ1v) is 5.25. The number of primary sulfonamides is 1. The monoisotopic (exact) mass is 189 g/mol. The zero-order valence-corrected chi connectivity index (χ0v) is 6.68. The Hall–Kier alpha value is -0.180.